The molecule has 1 aromatic heterocycles. The molecule has 0 aliphatic carbocycles. The molecule has 4 nitrogen and oxygen atoms in total. The second-order valence-electron chi connectivity index (χ2n) is 4.95. The number of hydrogen-bond acceptors (Lipinski definition) is 4. The van der Waals surface area contributed by atoms with Gasteiger partial charge in [0.25, 0.3) is 5.91 Å². The Balaban J connectivity index is 1.93. The van der Waals surface area contributed by atoms with Gasteiger partial charge in [0.1, 0.15) is 0 Å². The summed E-state index contributed by atoms with van der Waals surface area (Å²) in [6, 6.07) is 12.8. The van der Waals surface area contributed by atoms with Crippen molar-refractivity contribution in [3.63, 3.8) is 0 Å². The minimum Gasteiger partial charge on any atom is -0.282 e. The first-order valence-corrected chi connectivity index (χ1v) is 8.44. The summed E-state index contributed by atoms with van der Waals surface area (Å²) in [6.45, 7) is 4.11. The standard InChI is InChI=1S/C18H14ClN3OS/c1-2-11-22-17(23)15(12-13-6-8-14(19)9-7-13)24-18(22)21-16-5-3-4-10-20-16/h2-10,12H,1,11H2/b15-12-,21-18+. The van der Waals surface area contributed by atoms with Gasteiger partial charge in [0.15, 0.2) is 11.0 Å². The molecule has 1 fully saturated rings. The van der Waals surface area contributed by atoms with Gasteiger partial charge in [-0.15, -0.1) is 6.58 Å². The van der Waals surface area contributed by atoms with Crippen LogP contribution < -0.4 is 0 Å². The summed E-state index contributed by atoms with van der Waals surface area (Å²) in [7, 11) is 0. The van der Waals surface area contributed by atoms with Gasteiger partial charge in [-0.3, -0.25) is 9.69 Å². The van der Waals surface area contributed by atoms with E-state index in [-0.39, 0.29) is 5.91 Å². The van der Waals surface area contributed by atoms with Crippen molar-refractivity contribution in [2.24, 2.45) is 4.99 Å². The Morgan fingerprint density at radius 3 is 2.71 bits per heavy atom. The van der Waals surface area contributed by atoms with Crippen molar-refractivity contribution in [2.75, 3.05) is 6.54 Å². The lowest BCUT2D eigenvalue weighted by atomic mass is 10.2. The van der Waals surface area contributed by atoms with Crippen molar-refractivity contribution in [2.45, 2.75) is 0 Å². The summed E-state index contributed by atoms with van der Waals surface area (Å²) < 4.78 is 0. The molecule has 2 aromatic rings. The lowest BCUT2D eigenvalue weighted by molar-refractivity contribution is -0.121. The van der Waals surface area contributed by atoms with E-state index in [1.165, 1.54) is 11.8 Å². The molecule has 24 heavy (non-hydrogen) atoms. The molecule has 0 bridgehead atoms. The number of aliphatic imine (C=N–C) groups is 1. The topological polar surface area (TPSA) is 45.6 Å². The number of aromatic nitrogens is 1. The van der Waals surface area contributed by atoms with Crippen molar-refractivity contribution in [3.05, 3.63) is 76.8 Å². The smallest absolute Gasteiger partial charge is 0.267 e. The maximum Gasteiger partial charge on any atom is 0.267 e. The minimum atomic E-state index is -0.0930. The number of halogens is 1. The maximum absolute atomic E-state index is 12.6. The third-order valence-electron chi connectivity index (χ3n) is 3.23. The molecule has 1 aliphatic heterocycles. The van der Waals surface area contributed by atoms with E-state index in [2.05, 4.69) is 16.6 Å². The van der Waals surface area contributed by atoms with E-state index in [1.807, 2.05) is 30.3 Å². The van der Waals surface area contributed by atoms with Gasteiger partial charge in [0.2, 0.25) is 0 Å². The first kappa shape index (κ1) is 16.5. The van der Waals surface area contributed by atoms with Gasteiger partial charge in [-0.2, -0.15) is 0 Å². The maximum atomic E-state index is 12.6. The zero-order valence-electron chi connectivity index (χ0n) is 12.7. The lowest BCUT2D eigenvalue weighted by Crippen LogP contribution is -2.29. The molecule has 1 saturated heterocycles. The first-order valence-electron chi connectivity index (χ1n) is 7.25. The normalized spacial score (nSPS) is 17.7. The molecule has 3 rings (SSSR count). The molecular formula is C18H14ClN3OS. The molecule has 1 aliphatic rings. The summed E-state index contributed by atoms with van der Waals surface area (Å²) in [5, 5.41) is 1.26. The predicted octanol–water partition coefficient (Wildman–Crippen LogP) is 4.53. The Bertz CT molecular complexity index is 816. The van der Waals surface area contributed by atoms with Crippen LogP contribution in [0.15, 0.2) is 71.2 Å². The Labute approximate surface area is 149 Å². The third kappa shape index (κ3) is 3.75. The number of nitrogens with zero attached hydrogens (tertiary/aromatic N) is 3. The van der Waals surface area contributed by atoms with E-state index in [1.54, 1.807) is 35.4 Å². The number of thioether (sulfide) groups is 1. The van der Waals surface area contributed by atoms with E-state index in [0.29, 0.717) is 27.5 Å². The van der Waals surface area contributed by atoms with Gasteiger partial charge in [-0.05, 0) is 47.7 Å². The number of amides is 1. The van der Waals surface area contributed by atoms with Gasteiger partial charge in [-0.25, -0.2) is 9.98 Å². The highest BCUT2D eigenvalue weighted by atomic mass is 35.5. The van der Waals surface area contributed by atoms with Crippen LogP contribution in [0, 0.1) is 0 Å². The second kappa shape index (κ2) is 7.47. The van der Waals surface area contributed by atoms with Crippen LogP contribution in [0.5, 0.6) is 0 Å². The monoisotopic (exact) mass is 355 g/mol. The second-order valence-corrected chi connectivity index (χ2v) is 6.39. The van der Waals surface area contributed by atoms with Crippen molar-refractivity contribution >= 4 is 46.3 Å². The molecular weight excluding hydrogens is 342 g/mol. The van der Waals surface area contributed by atoms with E-state index in [9.17, 15) is 4.79 Å². The highest BCUT2D eigenvalue weighted by Crippen LogP contribution is 2.33. The number of carbonyl (C=O) groups is 1. The third-order valence-corrected chi connectivity index (χ3v) is 4.49. The Morgan fingerprint density at radius 2 is 2.04 bits per heavy atom. The summed E-state index contributed by atoms with van der Waals surface area (Å²) in [4.78, 5) is 23.5. The number of benzene rings is 1. The predicted molar refractivity (Wildman–Crippen MR) is 100 cm³/mol. The van der Waals surface area contributed by atoms with Crippen LogP contribution in [0.25, 0.3) is 6.08 Å². The first-order chi connectivity index (χ1) is 11.7. The largest absolute Gasteiger partial charge is 0.282 e. The van der Waals surface area contributed by atoms with Crippen molar-refractivity contribution in [1.29, 1.82) is 0 Å². The molecule has 0 atom stereocenters. The highest BCUT2D eigenvalue weighted by Gasteiger charge is 2.32. The summed E-state index contributed by atoms with van der Waals surface area (Å²) in [6.07, 6.45) is 5.18. The average Bonchev–Trinajstić information content (AvgIpc) is 2.87. The number of carbonyl (C=O) groups excluding carboxylic acids is 1. The lowest BCUT2D eigenvalue weighted by Gasteiger charge is -2.12. The fourth-order valence-corrected chi connectivity index (χ4v) is 3.23. The molecule has 120 valence electrons. The van der Waals surface area contributed by atoms with Crippen LogP contribution in [-0.4, -0.2) is 27.5 Å². The van der Waals surface area contributed by atoms with Crippen molar-refractivity contribution < 1.29 is 4.79 Å². The molecule has 0 spiro atoms. The molecule has 0 radical (unpaired) electrons. The van der Waals surface area contributed by atoms with Crippen molar-refractivity contribution in [1.82, 2.24) is 9.88 Å². The van der Waals surface area contributed by atoms with E-state index < -0.39 is 0 Å². The molecule has 1 amide bonds. The molecule has 0 N–H and O–H groups in total. The zero-order chi connectivity index (χ0) is 16.9. The van der Waals surface area contributed by atoms with Crippen LogP contribution in [-0.2, 0) is 4.79 Å². The van der Waals surface area contributed by atoms with Crippen LogP contribution in [0.3, 0.4) is 0 Å². The molecule has 1 aromatic carbocycles. The van der Waals surface area contributed by atoms with Crippen LogP contribution in [0.1, 0.15) is 5.56 Å². The van der Waals surface area contributed by atoms with Gasteiger partial charge >= 0.3 is 0 Å². The van der Waals surface area contributed by atoms with Gasteiger partial charge < -0.3 is 0 Å². The number of rotatable bonds is 4. The van der Waals surface area contributed by atoms with Crippen LogP contribution in [0.2, 0.25) is 5.02 Å². The van der Waals surface area contributed by atoms with E-state index in [4.69, 9.17) is 11.6 Å². The Hall–Kier alpha value is -2.37. The van der Waals surface area contributed by atoms with E-state index >= 15 is 0 Å². The van der Waals surface area contributed by atoms with E-state index in [0.717, 1.165) is 5.56 Å². The van der Waals surface area contributed by atoms with Crippen LogP contribution in [0.4, 0.5) is 5.82 Å². The number of amidine groups is 1. The van der Waals surface area contributed by atoms with Crippen LogP contribution >= 0.6 is 23.4 Å². The minimum absolute atomic E-state index is 0.0930. The summed E-state index contributed by atoms with van der Waals surface area (Å²) >= 11 is 7.22. The molecule has 6 heteroatoms. The number of hydrogen-bond donors (Lipinski definition) is 0. The zero-order valence-corrected chi connectivity index (χ0v) is 14.3. The quantitative estimate of drug-likeness (QED) is 0.598. The fraction of sp³-hybridized carbons (Fsp3) is 0.0556. The summed E-state index contributed by atoms with van der Waals surface area (Å²) in [5.74, 6) is 0.471. The molecule has 0 unspecified atom stereocenters. The average molecular weight is 356 g/mol. The molecule has 0 saturated carbocycles. The SMILES string of the molecule is C=CCN1C(=O)/C(=C/c2ccc(Cl)cc2)S/C1=N/c1ccccn1. The Morgan fingerprint density at radius 1 is 1.25 bits per heavy atom. The van der Waals surface area contributed by atoms with Gasteiger partial charge in [-0.1, -0.05) is 35.9 Å². The van der Waals surface area contributed by atoms with Gasteiger partial charge in [0, 0.05) is 17.8 Å². The Kier molecular flexibility index (Phi) is 5.13. The van der Waals surface area contributed by atoms with Gasteiger partial charge in [0.05, 0.1) is 4.91 Å². The van der Waals surface area contributed by atoms with Crippen molar-refractivity contribution in [3.8, 4) is 0 Å². The number of pyridine rings is 1. The summed E-state index contributed by atoms with van der Waals surface area (Å²) in [5.41, 5.74) is 0.910. The fourth-order valence-electron chi connectivity index (χ4n) is 2.11. The highest BCUT2D eigenvalue weighted by molar-refractivity contribution is 8.18. The molecule has 2 heterocycles.